The molecule has 4 rings (SSSR count). The maximum Gasteiger partial charge on any atom is 0.312 e. The molecule has 9 heteroatoms. The lowest BCUT2D eigenvalue weighted by atomic mass is 9.65. The smallest absolute Gasteiger partial charge is 0.312 e. The van der Waals surface area contributed by atoms with Crippen LogP contribution in [0.5, 0.6) is 0 Å². The van der Waals surface area contributed by atoms with Crippen molar-refractivity contribution < 1.29 is 29.0 Å². The molecule has 0 aromatic heterocycles. The summed E-state index contributed by atoms with van der Waals surface area (Å²) in [7, 11) is 0. The lowest BCUT2D eigenvalue weighted by molar-refractivity contribution is -0.162. The normalized spacial score (nSPS) is 29.7. The first-order chi connectivity index (χ1) is 18.7. The molecule has 3 aliphatic heterocycles. The van der Waals surface area contributed by atoms with Gasteiger partial charge in [-0.05, 0) is 57.6 Å². The van der Waals surface area contributed by atoms with Gasteiger partial charge >= 0.3 is 5.97 Å². The molecule has 212 valence electrons. The van der Waals surface area contributed by atoms with Gasteiger partial charge in [0.2, 0.25) is 5.91 Å². The van der Waals surface area contributed by atoms with E-state index in [-0.39, 0.29) is 31.6 Å². The van der Waals surface area contributed by atoms with E-state index in [1.165, 1.54) is 9.80 Å². The number of benzene rings is 1. The number of carbonyl (C=O) groups is 3. The van der Waals surface area contributed by atoms with E-state index in [0.717, 1.165) is 12.8 Å². The van der Waals surface area contributed by atoms with Gasteiger partial charge in [0.25, 0.3) is 5.91 Å². The zero-order valence-electron chi connectivity index (χ0n) is 22.8. The quantitative estimate of drug-likeness (QED) is 0.220. The lowest BCUT2D eigenvalue weighted by Gasteiger charge is -2.38. The Morgan fingerprint density at radius 1 is 1.28 bits per heavy atom. The summed E-state index contributed by atoms with van der Waals surface area (Å²) < 4.78 is 12.5. The molecular formula is C30H39ClN2O6. The number of hydrogen-bond acceptors (Lipinski definition) is 6. The fourth-order valence-corrected chi connectivity index (χ4v) is 7.00. The summed E-state index contributed by atoms with van der Waals surface area (Å²) in [6.07, 6.45) is 7.27. The molecule has 3 aliphatic rings. The molecule has 0 radical (unpaired) electrons. The summed E-state index contributed by atoms with van der Waals surface area (Å²) in [4.78, 5) is 45.1. The van der Waals surface area contributed by atoms with Crippen molar-refractivity contribution in [3.8, 4) is 0 Å². The van der Waals surface area contributed by atoms with Crippen LogP contribution in [0.1, 0.15) is 52.4 Å². The van der Waals surface area contributed by atoms with Gasteiger partial charge in [-0.1, -0.05) is 42.8 Å². The van der Waals surface area contributed by atoms with Crippen LogP contribution in [0.25, 0.3) is 0 Å². The van der Waals surface area contributed by atoms with E-state index in [1.54, 1.807) is 37.3 Å². The van der Waals surface area contributed by atoms with E-state index in [0.29, 0.717) is 36.4 Å². The van der Waals surface area contributed by atoms with Gasteiger partial charge in [0, 0.05) is 6.54 Å². The number of esters is 1. The summed E-state index contributed by atoms with van der Waals surface area (Å²) in [5, 5.41) is 10.5. The minimum Gasteiger partial charge on any atom is -0.465 e. The second-order valence-corrected chi connectivity index (χ2v) is 11.2. The first-order valence-electron chi connectivity index (χ1n) is 13.8. The topological polar surface area (TPSA) is 96.4 Å². The van der Waals surface area contributed by atoms with Crippen molar-refractivity contribution in [1.29, 1.82) is 0 Å². The molecule has 0 aliphatic carbocycles. The molecular weight excluding hydrogens is 520 g/mol. The maximum absolute atomic E-state index is 14.5. The van der Waals surface area contributed by atoms with Gasteiger partial charge in [-0.2, -0.15) is 0 Å². The molecule has 2 bridgehead atoms. The highest BCUT2D eigenvalue weighted by Gasteiger charge is 2.79. The third-order valence-corrected chi connectivity index (χ3v) is 8.93. The number of likely N-dealkylation sites (tertiary alicyclic amines) is 1. The molecule has 2 amide bonds. The largest absolute Gasteiger partial charge is 0.465 e. The molecule has 1 aromatic rings. The number of fused-ring (bicyclic) bond motifs is 1. The third-order valence-electron chi connectivity index (χ3n) is 8.61. The Bertz CT molecular complexity index is 1130. The van der Waals surface area contributed by atoms with Crippen molar-refractivity contribution in [2.75, 3.05) is 24.7 Å². The van der Waals surface area contributed by atoms with Crippen molar-refractivity contribution in [2.24, 2.45) is 11.8 Å². The fourth-order valence-electron chi connectivity index (χ4n) is 6.76. The van der Waals surface area contributed by atoms with E-state index in [2.05, 4.69) is 13.2 Å². The maximum atomic E-state index is 14.5. The van der Waals surface area contributed by atoms with Crippen molar-refractivity contribution in [2.45, 2.75) is 75.7 Å². The molecule has 2 unspecified atom stereocenters. The number of unbranched alkanes of at least 4 members (excludes halogenated alkanes) is 2. The zero-order chi connectivity index (χ0) is 28.4. The SMILES string of the molecule is C=CCCCCOC(=O)[C@H]1[C@H]2C(=O)N([C@H](C)CO)C(C(=O)N(CC=C)c3ccccc3Cl)C23CC[C@]1(CC)O3. The Kier molecular flexibility index (Phi) is 8.88. The number of amides is 2. The molecule has 1 N–H and O–H groups in total. The molecule has 1 aromatic carbocycles. The minimum atomic E-state index is -1.22. The van der Waals surface area contributed by atoms with Gasteiger partial charge < -0.3 is 24.4 Å². The van der Waals surface area contributed by atoms with Gasteiger partial charge in [-0.25, -0.2) is 0 Å². The van der Waals surface area contributed by atoms with Crippen molar-refractivity contribution >= 4 is 35.1 Å². The molecule has 8 nitrogen and oxygen atoms in total. The zero-order valence-corrected chi connectivity index (χ0v) is 23.6. The average Bonchev–Trinajstić information content (AvgIpc) is 3.55. The average molecular weight is 559 g/mol. The standard InChI is InChI=1S/C30H39ClN2O6/c1-5-8-9-12-18-38-28(37)24-23-26(35)33(20(4)19-34)25(30(23)16-15-29(24,7-3)39-30)27(36)32(17-6-2)22-14-11-10-13-21(22)31/h5-6,10-11,13-14,20,23-25,34H,1-2,7-9,12,15-19H2,3-4H3/t20-,23+,24-,25?,29+,30?/m1/s1. The van der Waals surface area contributed by atoms with Crippen LogP contribution in [0.15, 0.2) is 49.6 Å². The van der Waals surface area contributed by atoms with Gasteiger partial charge in [0.1, 0.15) is 17.6 Å². The molecule has 39 heavy (non-hydrogen) atoms. The second kappa shape index (κ2) is 11.8. The van der Waals surface area contributed by atoms with Crippen LogP contribution in [-0.4, -0.2) is 70.8 Å². The first-order valence-corrected chi connectivity index (χ1v) is 14.2. The van der Waals surface area contributed by atoms with Crippen molar-refractivity contribution in [1.82, 2.24) is 4.90 Å². The number of hydrogen-bond donors (Lipinski definition) is 1. The molecule has 3 fully saturated rings. The predicted octanol–water partition coefficient (Wildman–Crippen LogP) is 4.29. The Balaban J connectivity index is 1.75. The molecule has 0 saturated carbocycles. The van der Waals surface area contributed by atoms with Crippen LogP contribution in [-0.2, 0) is 23.9 Å². The van der Waals surface area contributed by atoms with Crippen LogP contribution < -0.4 is 4.90 Å². The fraction of sp³-hybridized carbons (Fsp3) is 0.567. The summed E-state index contributed by atoms with van der Waals surface area (Å²) in [6.45, 7) is 11.2. The Morgan fingerprint density at radius 2 is 2.03 bits per heavy atom. The van der Waals surface area contributed by atoms with Gasteiger partial charge in [-0.3, -0.25) is 14.4 Å². The number of aliphatic hydroxyl groups excluding tert-OH is 1. The highest BCUT2D eigenvalue weighted by molar-refractivity contribution is 6.34. The predicted molar refractivity (Wildman–Crippen MR) is 149 cm³/mol. The van der Waals surface area contributed by atoms with E-state index < -0.39 is 41.1 Å². The van der Waals surface area contributed by atoms with E-state index >= 15 is 0 Å². The van der Waals surface area contributed by atoms with Crippen molar-refractivity contribution in [3.63, 3.8) is 0 Å². The van der Waals surface area contributed by atoms with E-state index in [9.17, 15) is 19.5 Å². The number of allylic oxidation sites excluding steroid dienone is 1. The Labute approximate surface area is 235 Å². The Morgan fingerprint density at radius 3 is 2.67 bits per heavy atom. The Hall–Kier alpha value is -2.68. The monoisotopic (exact) mass is 558 g/mol. The number of ether oxygens (including phenoxy) is 2. The number of para-hydroxylation sites is 1. The molecule has 3 heterocycles. The van der Waals surface area contributed by atoms with E-state index in [4.69, 9.17) is 21.1 Å². The lowest BCUT2D eigenvalue weighted by Crippen LogP contribution is -2.58. The summed E-state index contributed by atoms with van der Waals surface area (Å²) >= 11 is 6.49. The van der Waals surface area contributed by atoms with Crippen LogP contribution in [0.4, 0.5) is 5.69 Å². The second-order valence-electron chi connectivity index (χ2n) is 10.8. The summed E-state index contributed by atoms with van der Waals surface area (Å²) in [5.74, 6) is -2.93. The van der Waals surface area contributed by atoms with Crippen LogP contribution >= 0.6 is 11.6 Å². The third kappa shape index (κ3) is 4.81. The van der Waals surface area contributed by atoms with Crippen LogP contribution in [0.2, 0.25) is 5.02 Å². The number of rotatable bonds is 13. The number of carbonyl (C=O) groups excluding carboxylic acids is 3. The van der Waals surface area contributed by atoms with Gasteiger partial charge in [0.05, 0.1) is 41.5 Å². The van der Waals surface area contributed by atoms with E-state index in [1.807, 2.05) is 13.0 Å². The molecule has 1 spiro atoms. The number of nitrogens with zero attached hydrogens (tertiary/aromatic N) is 2. The van der Waals surface area contributed by atoms with Crippen LogP contribution in [0.3, 0.4) is 0 Å². The summed E-state index contributed by atoms with van der Waals surface area (Å²) in [6, 6.07) is 5.27. The number of aliphatic hydroxyl groups is 1. The first kappa shape index (κ1) is 29.3. The van der Waals surface area contributed by atoms with Crippen molar-refractivity contribution in [3.05, 3.63) is 54.6 Å². The molecule has 3 saturated heterocycles. The molecule has 6 atom stereocenters. The summed E-state index contributed by atoms with van der Waals surface area (Å²) in [5.41, 5.74) is -1.62. The van der Waals surface area contributed by atoms with Gasteiger partial charge in [0.15, 0.2) is 0 Å². The minimum absolute atomic E-state index is 0.157. The number of halogens is 1. The highest BCUT2D eigenvalue weighted by atomic mass is 35.5. The van der Waals surface area contributed by atoms with Gasteiger partial charge in [-0.15, -0.1) is 13.2 Å². The highest BCUT2D eigenvalue weighted by Crippen LogP contribution is 2.65. The van der Waals surface area contributed by atoms with Crippen LogP contribution in [0, 0.1) is 11.8 Å². The number of anilines is 1.